The number of amides is 1. The Bertz CT molecular complexity index is 549. The van der Waals surface area contributed by atoms with Crippen molar-refractivity contribution in [3.8, 4) is 0 Å². The number of carbonyl (C=O) groups is 1. The molecule has 2 aliphatic heterocycles. The van der Waals surface area contributed by atoms with Gasteiger partial charge >= 0.3 is 0 Å². The van der Waals surface area contributed by atoms with Gasteiger partial charge in [0.1, 0.15) is 6.04 Å². The van der Waals surface area contributed by atoms with Crippen LogP contribution in [0, 0.1) is 17.8 Å². The lowest BCUT2D eigenvalue weighted by Gasteiger charge is -2.29. The van der Waals surface area contributed by atoms with Crippen molar-refractivity contribution in [1.82, 2.24) is 14.9 Å². The van der Waals surface area contributed by atoms with E-state index in [-0.39, 0.29) is 23.6 Å². The van der Waals surface area contributed by atoms with E-state index in [9.17, 15) is 13.2 Å². The van der Waals surface area contributed by atoms with E-state index in [2.05, 4.69) is 10.6 Å². The van der Waals surface area contributed by atoms with E-state index in [1.54, 1.807) is 0 Å². The molecule has 0 aromatic rings. The monoisotopic (exact) mass is 343 g/mol. The van der Waals surface area contributed by atoms with Gasteiger partial charge in [0, 0.05) is 19.1 Å². The van der Waals surface area contributed by atoms with Gasteiger partial charge in [-0.25, -0.2) is 8.42 Å². The Morgan fingerprint density at radius 2 is 2.09 bits per heavy atom. The molecule has 2 saturated heterocycles. The molecular weight excluding hydrogens is 314 g/mol. The summed E-state index contributed by atoms with van der Waals surface area (Å²) in [4.78, 5) is 12.9. The molecule has 1 aliphatic carbocycles. The van der Waals surface area contributed by atoms with Crippen LogP contribution in [0.15, 0.2) is 0 Å². The molecule has 2 heterocycles. The van der Waals surface area contributed by atoms with Gasteiger partial charge in [-0.1, -0.05) is 13.8 Å². The van der Waals surface area contributed by atoms with Crippen LogP contribution < -0.4 is 10.6 Å². The van der Waals surface area contributed by atoms with Gasteiger partial charge in [-0.05, 0) is 50.0 Å². The zero-order chi connectivity index (χ0) is 16.6. The van der Waals surface area contributed by atoms with E-state index in [0.29, 0.717) is 31.2 Å². The van der Waals surface area contributed by atoms with Crippen LogP contribution in [0.25, 0.3) is 0 Å². The van der Waals surface area contributed by atoms with Gasteiger partial charge in [-0.3, -0.25) is 4.79 Å². The molecular formula is C16H29N3O3S. The molecule has 1 saturated carbocycles. The van der Waals surface area contributed by atoms with E-state index in [1.807, 2.05) is 13.8 Å². The quantitative estimate of drug-likeness (QED) is 0.764. The summed E-state index contributed by atoms with van der Waals surface area (Å²) in [5, 5.41) is 6.58. The van der Waals surface area contributed by atoms with Crippen LogP contribution in [-0.4, -0.2) is 56.1 Å². The zero-order valence-corrected chi connectivity index (χ0v) is 14.9. The van der Waals surface area contributed by atoms with Crippen molar-refractivity contribution in [1.29, 1.82) is 0 Å². The fourth-order valence-corrected chi connectivity index (χ4v) is 6.12. The minimum Gasteiger partial charge on any atom is -0.352 e. The molecule has 3 aliphatic rings. The van der Waals surface area contributed by atoms with E-state index in [4.69, 9.17) is 0 Å². The zero-order valence-electron chi connectivity index (χ0n) is 14.1. The van der Waals surface area contributed by atoms with Gasteiger partial charge in [0.15, 0.2) is 0 Å². The highest BCUT2D eigenvalue weighted by Gasteiger charge is 2.43. The number of rotatable bonds is 5. The molecule has 2 N–H and O–H groups in total. The van der Waals surface area contributed by atoms with Crippen LogP contribution in [0.4, 0.5) is 0 Å². The van der Waals surface area contributed by atoms with Crippen molar-refractivity contribution in [3.63, 3.8) is 0 Å². The lowest BCUT2D eigenvalue weighted by molar-refractivity contribution is -0.126. The first-order valence-electron chi connectivity index (χ1n) is 8.89. The van der Waals surface area contributed by atoms with Gasteiger partial charge in [0.2, 0.25) is 15.9 Å². The van der Waals surface area contributed by atoms with Crippen LogP contribution in [0.2, 0.25) is 0 Å². The van der Waals surface area contributed by atoms with E-state index >= 15 is 0 Å². The summed E-state index contributed by atoms with van der Waals surface area (Å²) >= 11 is 0. The Kier molecular flexibility index (Phi) is 4.99. The minimum absolute atomic E-state index is 0.0956. The summed E-state index contributed by atoms with van der Waals surface area (Å²) in [5.41, 5.74) is 0. The SMILES string of the molecule is CC(C)C[C@@H](C(=O)N[C@@H]1CC[C@H]2CNC[C@H]21)N1CCCS1(=O)=O. The number of sulfonamides is 1. The molecule has 0 unspecified atom stereocenters. The first kappa shape index (κ1) is 17.2. The Hall–Kier alpha value is -0.660. The van der Waals surface area contributed by atoms with Crippen molar-refractivity contribution in [2.45, 2.75) is 51.6 Å². The lowest BCUT2D eigenvalue weighted by Crippen LogP contribution is -2.51. The minimum atomic E-state index is -3.27. The Balaban J connectivity index is 1.70. The smallest absolute Gasteiger partial charge is 0.238 e. The fraction of sp³-hybridized carbons (Fsp3) is 0.938. The second kappa shape index (κ2) is 6.69. The summed E-state index contributed by atoms with van der Waals surface area (Å²) in [6, 6.07) is -0.349. The highest BCUT2D eigenvalue weighted by molar-refractivity contribution is 7.89. The molecule has 0 aromatic heterocycles. The number of carbonyl (C=O) groups excluding carboxylic acids is 1. The number of nitrogens with one attached hydrogen (secondary N) is 2. The van der Waals surface area contributed by atoms with Crippen LogP contribution in [0.5, 0.6) is 0 Å². The third-order valence-corrected chi connectivity index (χ3v) is 7.52. The first-order valence-corrected chi connectivity index (χ1v) is 10.5. The predicted octanol–water partition coefficient (Wildman–Crippen LogP) is 0.551. The van der Waals surface area contributed by atoms with E-state index in [0.717, 1.165) is 25.9 Å². The normalized spacial score (nSPS) is 34.7. The molecule has 132 valence electrons. The third kappa shape index (κ3) is 3.56. The fourth-order valence-electron chi connectivity index (χ4n) is 4.42. The maximum Gasteiger partial charge on any atom is 0.238 e. The maximum absolute atomic E-state index is 12.9. The Morgan fingerprint density at radius 3 is 2.74 bits per heavy atom. The molecule has 0 spiro atoms. The van der Waals surface area contributed by atoms with Crippen molar-refractivity contribution < 1.29 is 13.2 Å². The lowest BCUT2D eigenvalue weighted by atomic mass is 9.97. The van der Waals surface area contributed by atoms with Gasteiger partial charge in [0.25, 0.3) is 0 Å². The average molecular weight is 343 g/mol. The van der Waals surface area contributed by atoms with Crippen LogP contribution in [0.3, 0.4) is 0 Å². The summed E-state index contributed by atoms with van der Waals surface area (Å²) < 4.78 is 25.9. The topological polar surface area (TPSA) is 78.5 Å². The maximum atomic E-state index is 12.9. The molecule has 4 atom stereocenters. The largest absolute Gasteiger partial charge is 0.352 e. The summed E-state index contributed by atoms with van der Waals surface area (Å²) in [5.74, 6) is 1.54. The Labute approximate surface area is 139 Å². The van der Waals surface area contributed by atoms with Crippen molar-refractivity contribution in [2.24, 2.45) is 17.8 Å². The molecule has 0 aromatic carbocycles. The molecule has 23 heavy (non-hydrogen) atoms. The molecule has 3 rings (SSSR count). The second-order valence-corrected chi connectivity index (χ2v) is 9.74. The van der Waals surface area contributed by atoms with E-state index in [1.165, 1.54) is 4.31 Å². The molecule has 3 fully saturated rings. The third-order valence-electron chi connectivity index (χ3n) is 5.57. The summed E-state index contributed by atoms with van der Waals surface area (Å²) in [7, 11) is -3.27. The van der Waals surface area contributed by atoms with Crippen LogP contribution >= 0.6 is 0 Å². The van der Waals surface area contributed by atoms with Gasteiger partial charge in [0.05, 0.1) is 5.75 Å². The molecule has 1 amide bonds. The second-order valence-electron chi connectivity index (χ2n) is 7.70. The highest BCUT2D eigenvalue weighted by atomic mass is 32.2. The number of fused-ring (bicyclic) bond motifs is 1. The van der Waals surface area contributed by atoms with Gasteiger partial charge in [-0.15, -0.1) is 0 Å². The molecule has 0 radical (unpaired) electrons. The number of nitrogens with zero attached hydrogens (tertiary/aromatic N) is 1. The highest BCUT2D eigenvalue weighted by Crippen LogP contribution is 2.34. The van der Waals surface area contributed by atoms with Crippen molar-refractivity contribution in [3.05, 3.63) is 0 Å². The van der Waals surface area contributed by atoms with Crippen molar-refractivity contribution in [2.75, 3.05) is 25.4 Å². The summed E-state index contributed by atoms with van der Waals surface area (Å²) in [6.07, 6.45) is 3.38. The van der Waals surface area contributed by atoms with Crippen molar-refractivity contribution >= 4 is 15.9 Å². The number of hydrogen-bond acceptors (Lipinski definition) is 4. The average Bonchev–Trinajstić information content (AvgIpc) is 3.13. The van der Waals surface area contributed by atoms with E-state index < -0.39 is 16.1 Å². The number of hydrogen-bond donors (Lipinski definition) is 2. The first-order chi connectivity index (χ1) is 10.9. The summed E-state index contributed by atoms with van der Waals surface area (Å²) in [6.45, 7) is 6.57. The molecule has 7 heteroatoms. The Morgan fingerprint density at radius 1 is 1.30 bits per heavy atom. The van der Waals surface area contributed by atoms with Crippen LogP contribution in [-0.2, 0) is 14.8 Å². The standard InChI is InChI=1S/C16H29N3O3S/c1-11(2)8-15(19-6-3-7-23(19,21)22)16(20)18-14-5-4-12-9-17-10-13(12)14/h11-15,17H,3-10H2,1-2H3,(H,18,20)/t12-,13+,14+,15-/m0/s1. The molecule has 6 nitrogen and oxygen atoms in total. The van der Waals surface area contributed by atoms with Gasteiger partial charge < -0.3 is 10.6 Å². The van der Waals surface area contributed by atoms with Crippen LogP contribution in [0.1, 0.15) is 39.5 Å². The predicted molar refractivity (Wildman–Crippen MR) is 89.4 cm³/mol. The van der Waals surface area contributed by atoms with Gasteiger partial charge in [-0.2, -0.15) is 4.31 Å². The molecule has 0 bridgehead atoms.